The van der Waals surface area contributed by atoms with Crippen molar-refractivity contribution >= 4 is 35.3 Å². The SMILES string of the molecule is COC(=O)c1ccc(NC(=O)CSc2nnc(N3CCOCC3)n2-c2ccc(C)cc2)cc1. The molecule has 1 saturated heterocycles. The van der Waals surface area contributed by atoms with Gasteiger partial charge in [-0.05, 0) is 43.3 Å². The van der Waals surface area contributed by atoms with Crippen LogP contribution in [0.5, 0.6) is 0 Å². The topological polar surface area (TPSA) is 98.6 Å². The molecule has 10 heteroatoms. The minimum Gasteiger partial charge on any atom is -0.465 e. The Morgan fingerprint density at radius 2 is 1.76 bits per heavy atom. The Bertz CT molecular complexity index is 1110. The summed E-state index contributed by atoms with van der Waals surface area (Å²) in [5.41, 5.74) is 3.12. The number of hydrogen-bond acceptors (Lipinski definition) is 8. The third kappa shape index (κ3) is 5.52. The normalized spacial score (nSPS) is 13.6. The van der Waals surface area contributed by atoms with Crippen LogP contribution in [0.2, 0.25) is 0 Å². The average molecular weight is 468 g/mol. The molecule has 0 aliphatic carbocycles. The van der Waals surface area contributed by atoms with E-state index in [4.69, 9.17) is 4.74 Å². The van der Waals surface area contributed by atoms with Crippen molar-refractivity contribution in [1.29, 1.82) is 0 Å². The number of hydrogen-bond donors (Lipinski definition) is 1. The highest BCUT2D eigenvalue weighted by Crippen LogP contribution is 2.27. The summed E-state index contributed by atoms with van der Waals surface area (Å²) in [5.74, 6) is 0.293. The van der Waals surface area contributed by atoms with Crippen LogP contribution in [-0.4, -0.2) is 65.8 Å². The fraction of sp³-hybridized carbons (Fsp3) is 0.304. The number of benzene rings is 2. The third-order valence-electron chi connectivity index (χ3n) is 5.12. The molecule has 0 unspecified atom stereocenters. The first-order valence-corrected chi connectivity index (χ1v) is 11.5. The third-order valence-corrected chi connectivity index (χ3v) is 6.05. The number of carbonyl (C=O) groups is 2. The van der Waals surface area contributed by atoms with E-state index >= 15 is 0 Å². The van der Waals surface area contributed by atoms with Crippen molar-refractivity contribution in [3.63, 3.8) is 0 Å². The van der Waals surface area contributed by atoms with Gasteiger partial charge in [0.15, 0.2) is 5.16 Å². The van der Waals surface area contributed by atoms with Gasteiger partial charge >= 0.3 is 5.97 Å². The quantitative estimate of drug-likeness (QED) is 0.418. The van der Waals surface area contributed by atoms with Crippen molar-refractivity contribution in [3.05, 3.63) is 59.7 Å². The van der Waals surface area contributed by atoms with Crippen LogP contribution in [0.25, 0.3) is 5.69 Å². The van der Waals surface area contributed by atoms with E-state index in [1.165, 1.54) is 18.9 Å². The summed E-state index contributed by atoms with van der Waals surface area (Å²) in [4.78, 5) is 26.2. The Morgan fingerprint density at radius 3 is 2.42 bits per heavy atom. The minimum atomic E-state index is -0.421. The summed E-state index contributed by atoms with van der Waals surface area (Å²) < 4.78 is 12.1. The van der Waals surface area contributed by atoms with Crippen LogP contribution < -0.4 is 10.2 Å². The van der Waals surface area contributed by atoms with Gasteiger partial charge in [0, 0.05) is 18.8 Å². The molecule has 0 atom stereocenters. The summed E-state index contributed by atoms with van der Waals surface area (Å²) in [6.07, 6.45) is 0. The van der Waals surface area contributed by atoms with E-state index in [1.807, 2.05) is 35.8 Å². The Balaban J connectivity index is 1.48. The predicted octanol–water partition coefficient (Wildman–Crippen LogP) is 2.93. The van der Waals surface area contributed by atoms with Crippen LogP contribution in [0.3, 0.4) is 0 Å². The lowest BCUT2D eigenvalue weighted by molar-refractivity contribution is -0.113. The van der Waals surface area contributed by atoms with Gasteiger partial charge < -0.3 is 19.7 Å². The molecule has 0 spiro atoms. The van der Waals surface area contributed by atoms with E-state index < -0.39 is 5.97 Å². The maximum absolute atomic E-state index is 12.6. The first-order valence-electron chi connectivity index (χ1n) is 10.5. The number of ether oxygens (including phenoxy) is 2. The largest absolute Gasteiger partial charge is 0.465 e. The molecule has 1 fully saturated rings. The number of amides is 1. The number of morpholine rings is 1. The van der Waals surface area contributed by atoms with Gasteiger partial charge in [-0.15, -0.1) is 10.2 Å². The highest BCUT2D eigenvalue weighted by molar-refractivity contribution is 7.99. The number of esters is 1. The number of nitrogens with zero attached hydrogens (tertiary/aromatic N) is 4. The van der Waals surface area contributed by atoms with Crippen molar-refractivity contribution in [3.8, 4) is 5.69 Å². The molecule has 1 N–H and O–H groups in total. The molecule has 4 rings (SSSR count). The molecular formula is C23H25N5O4S. The number of nitrogens with one attached hydrogen (secondary N) is 1. The first-order chi connectivity index (χ1) is 16.0. The van der Waals surface area contributed by atoms with E-state index in [-0.39, 0.29) is 11.7 Å². The van der Waals surface area contributed by atoms with E-state index in [9.17, 15) is 9.59 Å². The minimum absolute atomic E-state index is 0.159. The summed E-state index contributed by atoms with van der Waals surface area (Å²) in [7, 11) is 1.33. The zero-order valence-corrected chi connectivity index (χ0v) is 19.3. The van der Waals surface area contributed by atoms with Crippen molar-refractivity contribution in [2.75, 3.05) is 49.4 Å². The lowest BCUT2D eigenvalue weighted by Gasteiger charge is -2.27. The van der Waals surface area contributed by atoms with E-state index in [1.54, 1.807) is 24.3 Å². The molecule has 2 heterocycles. The zero-order chi connectivity index (χ0) is 23.2. The van der Waals surface area contributed by atoms with Gasteiger partial charge in [-0.25, -0.2) is 4.79 Å². The number of rotatable bonds is 7. The molecule has 0 bridgehead atoms. The Labute approximate surface area is 196 Å². The van der Waals surface area contributed by atoms with Gasteiger partial charge in [0.25, 0.3) is 0 Å². The molecule has 1 aromatic heterocycles. The van der Waals surface area contributed by atoms with Crippen LogP contribution in [-0.2, 0) is 14.3 Å². The van der Waals surface area contributed by atoms with Crippen LogP contribution in [0.4, 0.5) is 11.6 Å². The van der Waals surface area contributed by atoms with Gasteiger partial charge in [-0.1, -0.05) is 29.5 Å². The molecule has 0 radical (unpaired) electrons. The number of thioether (sulfide) groups is 1. The van der Waals surface area contributed by atoms with E-state index in [0.717, 1.165) is 30.3 Å². The molecule has 1 amide bonds. The second-order valence-electron chi connectivity index (χ2n) is 7.46. The van der Waals surface area contributed by atoms with Crippen molar-refractivity contribution in [1.82, 2.24) is 14.8 Å². The van der Waals surface area contributed by atoms with Crippen molar-refractivity contribution in [2.45, 2.75) is 12.1 Å². The van der Waals surface area contributed by atoms with Crippen LogP contribution in [0.15, 0.2) is 53.7 Å². The highest BCUT2D eigenvalue weighted by atomic mass is 32.2. The van der Waals surface area contributed by atoms with Crippen LogP contribution in [0.1, 0.15) is 15.9 Å². The van der Waals surface area contributed by atoms with Gasteiger partial charge in [0.2, 0.25) is 11.9 Å². The van der Waals surface area contributed by atoms with Gasteiger partial charge in [-0.2, -0.15) is 0 Å². The Morgan fingerprint density at radius 1 is 1.06 bits per heavy atom. The number of methoxy groups -OCH3 is 1. The maximum Gasteiger partial charge on any atom is 0.337 e. The smallest absolute Gasteiger partial charge is 0.337 e. The molecule has 9 nitrogen and oxygen atoms in total. The fourth-order valence-corrected chi connectivity index (χ4v) is 4.13. The number of aromatic nitrogens is 3. The fourth-order valence-electron chi connectivity index (χ4n) is 3.38. The Hall–Kier alpha value is -3.37. The summed E-state index contributed by atoms with van der Waals surface area (Å²) in [6, 6.07) is 14.7. The lowest BCUT2D eigenvalue weighted by atomic mass is 10.2. The number of aryl methyl sites for hydroxylation is 1. The molecule has 172 valence electrons. The summed E-state index contributed by atoms with van der Waals surface area (Å²) >= 11 is 1.32. The monoisotopic (exact) mass is 467 g/mol. The van der Waals surface area contributed by atoms with Gasteiger partial charge in [-0.3, -0.25) is 9.36 Å². The second-order valence-corrected chi connectivity index (χ2v) is 8.40. The first kappa shape index (κ1) is 22.8. The number of carbonyl (C=O) groups excluding carboxylic acids is 2. The van der Waals surface area contributed by atoms with Crippen molar-refractivity contribution < 1.29 is 19.1 Å². The van der Waals surface area contributed by atoms with Gasteiger partial charge in [0.05, 0.1) is 37.3 Å². The standard InChI is InChI=1S/C23H25N5O4S/c1-16-3-9-19(10-4-16)28-22(27-11-13-32-14-12-27)25-26-23(28)33-15-20(29)24-18-7-5-17(6-8-18)21(30)31-2/h3-10H,11-15H2,1-2H3,(H,24,29). The molecule has 1 aliphatic heterocycles. The summed E-state index contributed by atoms with van der Waals surface area (Å²) in [5, 5.41) is 12.3. The van der Waals surface area contributed by atoms with Gasteiger partial charge in [0.1, 0.15) is 0 Å². The highest BCUT2D eigenvalue weighted by Gasteiger charge is 2.22. The van der Waals surface area contributed by atoms with Crippen LogP contribution in [0, 0.1) is 6.92 Å². The number of anilines is 2. The molecule has 0 saturated carbocycles. The molecule has 1 aliphatic rings. The molecule has 2 aromatic carbocycles. The maximum atomic E-state index is 12.6. The Kier molecular flexibility index (Phi) is 7.26. The van der Waals surface area contributed by atoms with E-state index in [2.05, 4.69) is 25.2 Å². The molecular weight excluding hydrogens is 442 g/mol. The average Bonchev–Trinajstić information content (AvgIpc) is 3.28. The molecule has 3 aromatic rings. The van der Waals surface area contributed by atoms with Crippen molar-refractivity contribution in [2.24, 2.45) is 0 Å². The second kappa shape index (κ2) is 10.5. The molecule has 33 heavy (non-hydrogen) atoms. The van der Waals surface area contributed by atoms with E-state index in [0.29, 0.717) is 29.6 Å². The lowest BCUT2D eigenvalue weighted by Crippen LogP contribution is -2.37. The zero-order valence-electron chi connectivity index (χ0n) is 18.5. The van der Waals surface area contributed by atoms with Crippen LogP contribution >= 0.6 is 11.8 Å². The summed E-state index contributed by atoms with van der Waals surface area (Å²) in [6.45, 7) is 4.78. The predicted molar refractivity (Wildman–Crippen MR) is 126 cm³/mol.